The van der Waals surface area contributed by atoms with Gasteiger partial charge in [-0.05, 0) is 30.9 Å². The number of carbonyl (C=O) groups excluding carboxylic acids is 2. The Morgan fingerprint density at radius 3 is 2.87 bits per heavy atom. The molecule has 1 aromatic carbocycles. The number of hydrogen-bond acceptors (Lipinski definition) is 4. The molecular formula is C17H22N2O4. The number of hydroxylamine groups is 1. The normalized spacial score (nSPS) is 13.9. The largest absolute Gasteiger partial charge is 0.496 e. The van der Waals surface area contributed by atoms with Gasteiger partial charge in [-0.15, -0.1) is 0 Å². The van der Waals surface area contributed by atoms with Gasteiger partial charge in [-0.1, -0.05) is 24.3 Å². The first-order chi connectivity index (χ1) is 11.2. The third kappa shape index (κ3) is 4.56. The molecule has 0 unspecified atom stereocenters. The molecule has 0 saturated heterocycles. The summed E-state index contributed by atoms with van der Waals surface area (Å²) >= 11 is 0. The molecule has 0 bridgehead atoms. The van der Waals surface area contributed by atoms with Gasteiger partial charge in [0.05, 0.1) is 7.11 Å². The predicted molar refractivity (Wildman–Crippen MR) is 85.1 cm³/mol. The monoisotopic (exact) mass is 318 g/mol. The first-order valence-electron chi connectivity index (χ1n) is 7.69. The lowest BCUT2D eigenvalue weighted by Gasteiger charge is -2.17. The number of para-hydroxylation sites is 1. The maximum absolute atomic E-state index is 12.2. The summed E-state index contributed by atoms with van der Waals surface area (Å²) in [5.74, 6) is 0.373. The number of ether oxygens (including phenoxy) is 1. The van der Waals surface area contributed by atoms with Gasteiger partial charge in [-0.25, -0.2) is 5.48 Å². The van der Waals surface area contributed by atoms with Crippen molar-refractivity contribution in [3.8, 4) is 5.75 Å². The average molecular weight is 318 g/mol. The van der Waals surface area contributed by atoms with E-state index in [2.05, 4.69) is 0 Å². The van der Waals surface area contributed by atoms with Gasteiger partial charge in [-0.3, -0.25) is 14.8 Å². The molecule has 1 aliphatic heterocycles. The SMILES string of the molecule is COc1ccccc1CCCN1CC=C(CCC(=O)NO)C1=O. The second-order valence-corrected chi connectivity index (χ2v) is 5.43. The molecule has 0 atom stereocenters. The van der Waals surface area contributed by atoms with Crippen LogP contribution in [0.3, 0.4) is 0 Å². The third-order valence-corrected chi connectivity index (χ3v) is 3.93. The van der Waals surface area contributed by atoms with Crippen LogP contribution < -0.4 is 10.2 Å². The van der Waals surface area contributed by atoms with Gasteiger partial charge in [0.25, 0.3) is 0 Å². The molecule has 124 valence electrons. The molecule has 0 saturated carbocycles. The summed E-state index contributed by atoms with van der Waals surface area (Å²) in [7, 11) is 1.65. The van der Waals surface area contributed by atoms with E-state index in [1.807, 2.05) is 30.3 Å². The summed E-state index contributed by atoms with van der Waals surface area (Å²) in [4.78, 5) is 25.0. The van der Waals surface area contributed by atoms with Crippen molar-refractivity contribution in [1.29, 1.82) is 0 Å². The fourth-order valence-corrected chi connectivity index (χ4v) is 2.67. The van der Waals surface area contributed by atoms with Crippen LogP contribution >= 0.6 is 0 Å². The van der Waals surface area contributed by atoms with Gasteiger partial charge in [0.15, 0.2) is 0 Å². The zero-order valence-electron chi connectivity index (χ0n) is 13.2. The van der Waals surface area contributed by atoms with Gasteiger partial charge < -0.3 is 9.64 Å². The minimum absolute atomic E-state index is 0.0178. The molecule has 2 amide bonds. The Labute approximate surface area is 135 Å². The highest BCUT2D eigenvalue weighted by molar-refractivity contribution is 5.96. The highest BCUT2D eigenvalue weighted by Gasteiger charge is 2.23. The molecule has 2 N–H and O–H groups in total. The van der Waals surface area contributed by atoms with Crippen LogP contribution in [0.4, 0.5) is 0 Å². The number of hydrogen-bond donors (Lipinski definition) is 2. The van der Waals surface area contributed by atoms with Crippen molar-refractivity contribution in [1.82, 2.24) is 10.4 Å². The maximum Gasteiger partial charge on any atom is 0.249 e. The number of carbonyl (C=O) groups is 2. The van der Waals surface area contributed by atoms with E-state index < -0.39 is 5.91 Å². The molecule has 0 aliphatic carbocycles. The fraction of sp³-hybridized carbons (Fsp3) is 0.412. The number of methoxy groups -OCH3 is 1. The molecule has 0 aromatic heterocycles. The fourth-order valence-electron chi connectivity index (χ4n) is 2.67. The van der Waals surface area contributed by atoms with Crippen molar-refractivity contribution in [2.75, 3.05) is 20.2 Å². The number of amides is 2. The smallest absolute Gasteiger partial charge is 0.249 e. The molecule has 1 heterocycles. The first-order valence-corrected chi connectivity index (χ1v) is 7.69. The highest BCUT2D eigenvalue weighted by atomic mass is 16.5. The predicted octanol–water partition coefficient (Wildman–Crippen LogP) is 1.68. The second-order valence-electron chi connectivity index (χ2n) is 5.43. The number of aryl methyl sites for hydroxylation is 1. The highest BCUT2D eigenvalue weighted by Crippen LogP contribution is 2.20. The van der Waals surface area contributed by atoms with E-state index in [1.54, 1.807) is 17.5 Å². The molecule has 1 aliphatic rings. The lowest BCUT2D eigenvalue weighted by Crippen LogP contribution is -2.28. The number of nitrogens with zero attached hydrogens (tertiary/aromatic N) is 1. The van der Waals surface area contributed by atoms with Crippen molar-refractivity contribution < 1.29 is 19.5 Å². The minimum atomic E-state index is -0.478. The summed E-state index contributed by atoms with van der Waals surface area (Å²) in [6.45, 7) is 1.25. The van der Waals surface area contributed by atoms with Crippen LogP contribution in [0.15, 0.2) is 35.9 Å². The Morgan fingerprint density at radius 2 is 2.13 bits per heavy atom. The number of benzene rings is 1. The number of rotatable bonds is 8. The average Bonchev–Trinajstić information content (AvgIpc) is 2.93. The van der Waals surface area contributed by atoms with Gasteiger partial charge in [0.1, 0.15) is 5.75 Å². The number of nitrogens with one attached hydrogen (secondary N) is 1. The van der Waals surface area contributed by atoms with E-state index in [-0.39, 0.29) is 12.3 Å². The maximum atomic E-state index is 12.2. The van der Waals surface area contributed by atoms with Crippen LogP contribution in [-0.2, 0) is 16.0 Å². The van der Waals surface area contributed by atoms with Gasteiger partial charge >= 0.3 is 0 Å². The molecule has 6 nitrogen and oxygen atoms in total. The van der Waals surface area contributed by atoms with Crippen LogP contribution in [-0.4, -0.2) is 42.1 Å². The quantitative estimate of drug-likeness (QED) is 0.565. The van der Waals surface area contributed by atoms with Crippen LogP contribution in [0.2, 0.25) is 0 Å². The van der Waals surface area contributed by atoms with Crippen molar-refractivity contribution in [3.05, 3.63) is 41.5 Å². The van der Waals surface area contributed by atoms with Crippen LogP contribution in [0.1, 0.15) is 24.8 Å². The summed E-state index contributed by atoms with van der Waals surface area (Å²) in [5.41, 5.74) is 3.35. The Morgan fingerprint density at radius 1 is 1.35 bits per heavy atom. The lowest BCUT2D eigenvalue weighted by atomic mass is 10.1. The summed E-state index contributed by atoms with van der Waals surface area (Å²) in [6, 6.07) is 7.87. The Kier molecular flexibility index (Phi) is 6.17. The molecular weight excluding hydrogens is 296 g/mol. The summed E-state index contributed by atoms with van der Waals surface area (Å²) in [6.07, 6.45) is 4.02. The van der Waals surface area contributed by atoms with E-state index in [4.69, 9.17) is 9.94 Å². The van der Waals surface area contributed by atoms with Gasteiger partial charge in [0, 0.05) is 25.1 Å². The molecule has 2 rings (SSSR count). The Hall–Kier alpha value is -2.34. The van der Waals surface area contributed by atoms with E-state index in [0.29, 0.717) is 25.1 Å². The zero-order valence-corrected chi connectivity index (χ0v) is 13.2. The van der Waals surface area contributed by atoms with E-state index >= 15 is 0 Å². The molecule has 6 heteroatoms. The van der Waals surface area contributed by atoms with Crippen LogP contribution in [0.25, 0.3) is 0 Å². The Bertz CT molecular complexity index is 598. The second kappa shape index (κ2) is 8.33. The summed E-state index contributed by atoms with van der Waals surface area (Å²) < 4.78 is 5.32. The van der Waals surface area contributed by atoms with Gasteiger partial charge in [-0.2, -0.15) is 0 Å². The topological polar surface area (TPSA) is 78.9 Å². The van der Waals surface area contributed by atoms with Gasteiger partial charge in [0.2, 0.25) is 11.8 Å². The molecule has 0 spiro atoms. The lowest BCUT2D eigenvalue weighted by molar-refractivity contribution is -0.129. The molecule has 23 heavy (non-hydrogen) atoms. The standard InChI is InChI=1S/C17H22N2O4/c1-23-15-7-3-2-5-13(15)6-4-11-19-12-10-14(17(19)21)8-9-16(20)18-22/h2-3,5,7,10,22H,4,6,8-9,11-12H2,1H3,(H,18,20). The molecule has 0 radical (unpaired) electrons. The van der Waals surface area contributed by atoms with Crippen LogP contribution in [0, 0.1) is 0 Å². The molecule has 0 fully saturated rings. The van der Waals surface area contributed by atoms with Crippen molar-refractivity contribution in [3.63, 3.8) is 0 Å². The Balaban J connectivity index is 1.77. The van der Waals surface area contributed by atoms with Crippen molar-refractivity contribution >= 4 is 11.8 Å². The van der Waals surface area contributed by atoms with Crippen molar-refractivity contribution in [2.24, 2.45) is 0 Å². The summed E-state index contributed by atoms with van der Waals surface area (Å²) in [5, 5.41) is 8.47. The third-order valence-electron chi connectivity index (χ3n) is 3.93. The van der Waals surface area contributed by atoms with E-state index in [0.717, 1.165) is 24.2 Å². The van der Waals surface area contributed by atoms with Crippen molar-refractivity contribution in [2.45, 2.75) is 25.7 Å². The molecule has 1 aromatic rings. The first kappa shape index (κ1) is 17.0. The van der Waals surface area contributed by atoms with E-state index in [1.165, 1.54) is 0 Å². The van der Waals surface area contributed by atoms with Crippen LogP contribution in [0.5, 0.6) is 5.75 Å². The van der Waals surface area contributed by atoms with E-state index in [9.17, 15) is 9.59 Å². The zero-order chi connectivity index (χ0) is 16.7. The minimum Gasteiger partial charge on any atom is -0.496 e.